The maximum Gasteiger partial charge on any atom is 0.216 e. The fraction of sp³-hybridized carbons (Fsp3) is 1.00. The van der Waals surface area contributed by atoms with Gasteiger partial charge in [0.05, 0.1) is 19.3 Å². The van der Waals surface area contributed by atoms with E-state index in [-0.39, 0.29) is 11.0 Å². The molecule has 0 fully saturated rings. The molecule has 0 aliphatic heterocycles. The molecule has 0 N–H and O–H groups in total. The van der Waals surface area contributed by atoms with Crippen molar-refractivity contribution in [3.05, 3.63) is 10.1 Å². The third-order valence-electron chi connectivity index (χ3n) is 2.25. The predicted octanol–water partition coefficient (Wildman–Crippen LogP) is 2.26. The molecule has 0 aliphatic rings. The van der Waals surface area contributed by atoms with Crippen LogP contribution in [0.25, 0.3) is 0 Å². The number of ether oxygens (including phenoxy) is 2. The number of nitro groups is 1. The maximum atomic E-state index is 10.6. The Morgan fingerprint density at radius 1 is 1.25 bits per heavy atom. The Kier molecular flexibility index (Phi) is 7.25. The van der Waals surface area contributed by atoms with Crippen molar-refractivity contribution in [1.29, 1.82) is 0 Å². The second-order valence-corrected chi connectivity index (χ2v) is 4.71. The number of nitrogens with zero attached hydrogens (tertiary/aromatic N) is 1. The van der Waals surface area contributed by atoms with Crippen molar-refractivity contribution in [3.8, 4) is 0 Å². The van der Waals surface area contributed by atoms with Gasteiger partial charge in [0.15, 0.2) is 0 Å². The standard InChI is InChI=1S/C11H23NO4/c1-10(2)16-9-8-15-7-5-6-11(3,4)12(13)14/h10H,5-9H2,1-4H3. The summed E-state index contributed by atoms with van der Waals surface area (Å²) in [5, 5.41) is 10.6. The zero-order chi connectivity index (χ0) is 12.6. The molecule has 0 heterocycles. The van der Waals surface area contributed by atoms with Gasteiger partial charge in [-0.05, 0) is 20.3 Å². The molecule has 0 aromatic carbocycles. The molecule has 0 aliphatic carbocycles. The molecular weight excluding hydrogens is 210 g/mol. The molecule has 16 heavy (non-hydrogen) atoms. The van der Waals surface area contributed by atoms with Crippen LogP contribution in [0, 0.1) is 10.1 Å². The van der Waals surface area contributed by atoms with Crippen LogP contribution in [0.4, 0.5) is 0 Å². The van der Waals surface area contributed by atoms with Gasteiger partial charge in [-0.3, -0.25) is 10.1 Å². The van der Waals surface area contributed by atoms with Gasteiger partial charge in [0, 0.05) is 31.8 Å². The highest BCUT2D eigenvalue weighted by Gasteiger charge is 2.29. The molecule has 0 aromatic rings. The molecule has 0 spiro atoms. The molecule has 0 amide bonds. The first-order valence-electron chi connectivity index (χ1n) is 5.70. The van der Waals surface area contributed by atoms with E-state index in [9.17, 15) is 10.1 Å². The van der Waals surface area contributed by atoms with Crippen LogP contribution in [-0.4, -0.2) is 36.4 Å². The molecule has 0 saturated heterocycles. The minimum absolute atomic E-state index is 0.219. The van der Waals surface area contributed by atoms with E-state index in [0.29, 0.717) is 32.7 Å². The van der Waals surface area contributed by atoms with Crippen LogP contribution >= 0.6 is 0 Å². The molecule has 0 aromatic heterocycles. The third kappa shape index (κ3) is 7.59. The minimum atomic E-state index is -0.849. The largest absolute Gasteiger partial charge is 0.379 e. The lowest BCUT2D eigenvalue weighted by molar-refractivity contribution is -0.561. The summed E-state index contributed by atoms with van der Waals surface area (Å²) >= 11 is 0. The summed E-state index contributed by atoms with van der Waals surface area (Å²) in [5.74, 6) is 0. The van der Waals surface area contributed by atoms with Crippen molar-refractivity contribution in [3.63, 3.8) is 0 Å². The quantitative estimate of drug-likeness (QED) is 0.348. The Bertz CT molecular complexity index is 204. The lowest BCUT2D eigenvalue weighted by Crippen LogP contribution is -2.31. The van der Waals surface area contributed by atoms with Gasteiger partial charge in [-0.1, -0.05) is 0 Å². The number of hydrogen-bond acceptors (Lipinski definition) is 4. The first kappa shape index (κ1) is 15.3. The van der Waals surface area contributed by atoms with E-state index in [1.807, 2.05) is 13.8 Å². The van der Waals surface area contributed by atoms with Gasteiger partial charge in [0.25, 0.3) is 0 Å². The smallest absolute Gasteiger partial charge is 0.216 e. The van der Waals surface area contributed by atoms with E-state index in [1.54, 1.807) is 13.8 Å². The fourth-order valence-electron chi connectivity index (χ4n) is 1.14. The van der Waals surface area contributed by atoms with Gasteiger partial charge in [0.1, 0.15) is 0 Å². The minimum Gasteiger partial charge on any atom is -0.379 e. The summed E-state index contributed by atoms with van der Waals surface area (Å²) in [6.45, 7) is 8.90. The van der Waals surface area contributed by atoms with E-state index in [0.717, 1.165) is 0 Å². The number of hydrogen-bond donors (Lipinski definition) is 0. The Morgan fingerprint density at radius 2 is 1.88 bits per heavy atom. The molecule has 96 valence electrons. The molecular formula is C11H23NO4. The van der Waals surface area contributed by atoms with Gasteiger partial charge in [-0.2, -0.15) is 0 Å². The first-order chi connectivity index (χ1) is 7.36. The lowest BCUT2D eigenvalue weighted by atomic mass is 10.00. The highest BCUT2D eigenvalue weighted by Crippen LogP contribution is 2.14. The Hall–Kier alpha value is -0.680. The van der Waals surface area contributed by atoms with E-state index < -0.39 is 5.54 Å². The second kappa shape index (κ2) is 7.57. The molecule has 5 nitrogen and oxygen atoms in total. The van der Waals surface area contributed by atoms with Crippen molar-refractivity contribution in [2.45, 2.75) is 52.2 Å². The van der Waals surface area contributed by atoms with Gasteiger partial charge >= 0.3 is 0 Å². The van der Waals surface area contributed by atoms with Gasteiger partial charge < -0.3 is 9.47 Å². The molecule has 0 radical (unpaired) electrons. The zero-order valence-corrected chi connectivity index (χ0v) is 10.7. The van der Waals surface area contributed by atoms with E-state index in [2.05, 4.69) is 0 Å². The molecule has 0 saturated carbocycles. The van der Waals surface area contributed by atoms with Crippen LogP contribution in [0.3, 0.4) is 0 Å². The van der Waals surface area contributed by atoms with E-state index >= 15 is 0 Å². The first-order valence-corrected chi connectivity index (χ1v) is 5.70. The van der Waals surface area contributed by atoms with Crippen LogP contribution < -0.4 is 0 Å². The summed E-state index contributed by atoms with van der Waals surface area (Å²) in [7, 11) is 0. The summed E-state index contributed by atoms with van der Waals surface area (Å²) in [6, 6.07) is 0. The summed E-state index contributed by atoms with van der Waals surface area (Å²) in [6.07, 6.45) is 1.46. The topological polar surface area (TPSA) is 61.6 Å². The predicted molar refractivity (Wildman–Crippen MR) is 62.2 cm³/mol. The zero-order valence-electron chi connectivity index (χ0n) is 10.7. The highest BCUT2D eigenvalue weighted by atomic mass is 16.6. The third-order valence-corrected chi connectivity index (χ3v) is 2.25. The second-order valence-electron chi connectivity index (χ2n) is 4.71. The van der Waals surface area contributed by atoms with Crippen molar-refractivity contribution in [2.75, 3.05) is 19.8 Å². The Balaban J connectivity index is 3.37. The van der Waals surface area contributed by atoms with Crippen LogP contribution in [0.2, 0.25) is 0 Å². The average Bonchev–Trinajstić information content (AvgIpc) is 2.15. The summed E-state index contributed by atoms with van der Waals surface area (Å²) in [5.41, 5.74) is -0.849. The highest BCUT2D eigenvalue weighted by molar-refractivity contribution is 4.65. The summed E-state index contributed by atoms with van der Waals surface area (Å²) < 4.78 is 10.6. The van der Waals surface area contributed by atoms with Crippen LogP contribution in [0.5, 0.6) is 0 Å². The molecule has 0 bridgehead atoms. The Labute approximate surface area is 97.3 Å². The van der Waals surface area contributed by atoms with E-state index in [1.165, 1.54) is 0 Å². The SMILES string of the molecule is CC(C)OCCOCCCC(C)(C)[N+](=O)[O-]. The van der Waals surface area contributed by atoms with Gasteiger partial charge in [-0.15, -0.1) is 0 Å². The molecule has 0 atom stereocenters. The summed E-state index contributed by atoms with van der Waals surface area (Å²) in [4.78, 5) is 10.4. The van der Waals surface area contributed by atoms with Crippen molar-refractivity contribution in [1.82, 2.24) is 0 Å². The monoisotopic (exact) mass is 233 g/mol. The van der Waals surface area contributed by atoms with Crippen LogP contribution in [0.15, 0.2) is 0 Å². The normalized spacial score (nSPS) is 12.1. The Morgan fingerprint density at radius 3 is 2.38 bits per heavy atom. The maximum absolute atomic E-state index is 10.6. The van der Waals surface area contributed by atoms with E-state index in [4.69, 9.17) is 9.47 Å². The van der Waals surface area contributed by atoms with Crippen molar-refractivity contribution < 1.29 is 14.4 Å². The van der Waals surface area contributed by atoms with Crippen molar-refractivity contribution in [2.24, 2.45) is 0 Å². The van der Waals surface area contributed by atoms with Crippen LogP contribution in [0.1, 0.15) is 40.5 Å². The number of rotatable bonds is 9. The fourth-order valence-corrected chi connectivity index (χ4v) is 1.14. The molecule has 0 unspecified atom stereocenters. The lowest BCUT2D eigenvalue weighted by Gasteiger charge is -2.15. The molecule has 5 heteroatoms. The van der Waals surface area contributed by atoms with Gasteiger partial charge in [-0.25, -0.2) is 0 Å². The van der Waals surface area contributed by atoms with Crippen molar-refractivity contribution >= 4 is 0 Å². The van der Waals surface area contributed by atoms with Crippen LogP contribution in [-0.2, 0) is 9.47 Å². The average molecular weight is 233 g/mol. The molecule has 0 rings (SSSR count). The van der Waals surface area contributed by atoms with Gasteiger partial charge in [0.2, 0.25) is 5.54 Å².